The van der Waals surface area contributed by atoms with Gasteiger partial charge in [0.2, 0.25) is 0 Å². The molecule has 2 aromatic rings. The Kier molecular flexibility index (Phi) is 6.07. The van der Waals surface area contributed by atoms with Gasteiger partial charge >= 0.3 is 0 Å². The van der Waals surface area contributed by atoms with Crippen molar-refractivity contribution in [3.63, 3.8) is 0 Å². The number of anilines is 1. The van der Waals surface area contributed by atoms with Gasteiger partial charge in [0.1, 0.15) is 0 Å². The molecule has 0 saturated heterocycles. The van der Waals surface area contributed by atoms with Crippen molar-refractivity contribution in [2.75, 3.05) is 32.7 Å². The van der Waals surface area contributed by atoms with E-state index in [0.29, 0.717) is 18.0 Å². The Morgan fingerprint density at radius 2 is 1.79 bits per heavy atom. The third-order valence-electron chi connectivity index (χ3n) is 3.62. The van der Waals surface area contributed by atoms with Gasteiger partial charge in [0.25, 0.3) is 5.91 Å². The molecule has 2 rings (SSSR count). The highest BCUT2D eigenvalue weighted by Gasteiger charge is 2.08. The van der Waals surface area contributed by atoms with E-state index >= 15 is 0 Å². The lowest BCUT2D eigenvalue weighted by molar-refractivity contribution is -0.123. The highest BCUT2D eigenvalue weighted by atomic mass is 16.5. The van der Waals surface area contributed by atoms with Crippen molar-refractivity contribution < 1.29 is 14.3 Å². The zero-order chi connectivity index (χ0) is 17.5. The zero-order valence-corrected chi connectivity index (χ0v) is 14.6. The van der Waals surface area contributed by atoms with E-state index < -0.39 is 0 Å². The van der Waals surface area contributed by atoms with Crippen LogP contribution < -0.4 is 19.7 Å². The van der Waals surface area contributed by atoms with Gasteiger partial charge in [0.15, 0.2) is 18.1 Å². The fraction of sp³-hybridized carbons (Fsp3) is 0.316. The number of ether oxygens (including phenoxy) is 2. The Bertz CT molecular complexity index is 682. The summed E-state index contributed by atoms with van der Waals surface area (Å²) in [7, 11) is 5.57. The Hall–Kier alpha value is -2.69. The standard InChI is InChI=1S/C19H24N2O3/c1-14-5-10-17(18(11-14)23-4)24-13-19(22)20-12-15-6-8-16(9-7-15)21(2)3/h5-11H,12-13H2,1-4H3,(H,20,22). The van der Waals surface area contributed by atoms with Crippen molar-refractivity contribution >= 4 is 11.6 Å². The fourth-order valence-corrected chi connectivity index (χ4v) is 2.20. The number of rotatable bonds is 7. The van der Waals surface area contributed by atoms with Gasteiger partial charge in [-0.2, -0.15) is 0 Å². The first kappa shape index (κ1) is 17.7. The molecule has 1 N–H and O–H groups in total. The predicted molar refractivity (Wildman–Crippen MR) is 95.8 cm³/mol. The summed E-state index contributed by atoms with van der Waals surface area (Å²) >= 11 is 0. The second kappa shape index (κ2) is 8.24. The number of carbonyl (C=O) groups is 1. The van der Waals surface area contributed by atoms with Gasteiger partial charge in [-0.05, 0) is 42.3 Å². The lowest BCUT2D eigenvalue weighted by atomic mass is 10.2. The van der Waals surface area contributed by atoms with Gasteiger partial charge in [-0.3, -0.25) is 4.79 Å². The summed E-state index contributed by atoms with van der Waals surface area (Å²) in [5.41, 5.74) is 3.24. The minimum atomic E-state index is -0.172. The van der Waals surface area contributed by atoms with E-state index in [-0.39, 0.29) is 12.5 Å². The van der Waals surface area contributed by atoms with Crippen LogP contribution in [0.1, 0.15) is 11.1 Å². The van der Waals surface area contributed by atoms with E-state index in [4.69, 9.17) is 9.47 Å². The number of amides is 1. The first-order chi connectivity index (χ1) is 11.5. The lowest BCUT2D eigenvalue weighted by Crippen LogP contribution is -2.28. The minimum absolute atomic E-state index is 0.0464. The normalized spacial score (nSPS) is 10.2. The molecular weight excluding hydrogens is 304 g/mol. The molecule has 0 atom stereocenters. The van der Waals surface area contributed by atoms with Gasteiger partial charge in [0.05, 0.1) is 7.11 Å². The topological polar surface area (TPSA) is 50.8 Å². The number of carbonyl (C=O) groups excluding carboxylic acids is 1. The van der Waals surface area contributed by atoms with Crippen LogP contribution >= 0.6 is 0 Å². The van der Waals surface area contributed by atoms with Crippen LogP contribution in [0.4, 0.5) is 5.69 Å². The lowest BCUT2D eigenvalue weighted by Gasteiger charge is -2.13. The molecule has 5 nitrogen and oxygen atoms in total. The Morgan fingerprint density at radius 1 is 1.08 bits per heavy atom. The zero-order valence-electron chi connectivity index (χ0n) is 14.6. The molecule has 0 aliphatic carbocycles. The number of benzene rings is 2. The van der Waals surface area contributed by atoms with Crippen molar-refractivity contribution in [2.24, 2.45) is 0 Å². The molecule has 0 aromatic heterocycles. The summed E-state index contributed by atoms with van der Waals surface area (Å²) in [6.07, 6.45) is 0. The van der Waals surface area contributed by atoms with Crippen LogP contribution in [0, 0.1) is 6.92 Å². The second-order valence-electron chi connectivity index (χ2n) is 5.78. The van der Waals surface area contributed by atoms with Crippen molar-refractivity contribution in [3.8, 4) is 11.5 Å². The van der Waals surface area contributed by atoms with Gasteiger partial charge in [-0.1, -0.05) is 18.2 Å². The summed E-state index contributed by atoms with van der Waals surface area (Å²) in [5.74, 6) is 1.02. The van der Waals surface area contributed by atoms with E-state index in [1.54, 1.807) is 13.2 Å². The molecular formula is C19H24N2O3. The maximum Gasteiger partial charge on any atom is 0.258 e. The number of hydrogen-bond donors (Lipinski definition) is 1. The van der Waals surface area contributed by atoms with E-state index in [2.05, 4.69) is 5.32 Å². The Labute approximate surface area is 143 Å². The number of hydrogen-bond acceptors (Lipinski definition) is 4. The number of nitrogens with zero attached hydrogens (tertiary/aromatic N) is 1. The molecule has 24 heavy (non-hydrogen) atoms. The molecule has 128 valence electrons. The first-order valence-corrected chi connectivity index (χ1v) is 7.80. The highest BCUT2D eigenvalue weighted by molar-refractivity contribution is 5.77. The van der Waals surface area contributed by atoms with Crippen LogP contribution in [0.2, 0.25) is 0 Å². The average Bonchev–Trinajstić information content (AvgIpc) is 2.59. The molecule has 0 heterocycles. The van der Waals surface area contributed by atoms with Crippen LogP contribution in [-0.2, 0) is 11.3 Å². The molecule has 0 bridgehead atoms. The van der Waals surface area contributed by atoms with Gasteiger partial charge in [-0.25, -0.2) is 0 Å². The summed E-state index contributed by atoms with van der Waals surface area (Å²) in [5, 5.41) is 2.85. The largest absolute Gasteiger partial charge is 0.493 e. The van der Waals surface area contributed by atoms with Crippen molar-refractivity contribution in [2.45, 2.75) is 13.5 Å². The molecule has 0 unspecified atom stereocenters. The molecule has 1 amide bonds. The molecule has 5 heteroatoms. The SMILES string of the molecule is COc1cc(C)ccc1OCC(=O)NCc1ccc(N(C)C)cc1. The second-order valence-corrected chi connectivity index (χ2v) is 5.78. The van der Waals surface area contributed by atoms with Crippen LogP contribution in [0.5, 0.6) is 11.5 Å². The van der Waals surface area contributed by atoms with Crippen LogP contribution in [0.3, 0.4) is 0 Å². The summed E-state index contributed by atoms with van der Waals surface area (Å²) in [6, 6.07) is 13.6. The molecule has 0 saturated carbocycles. The van der Waals surface area contributed by atoms with Crippen molar-refractivity contribution in [1.29, 1.82) is 0 Å². The maximum absolute atomic E-state index is 11.9. The quantitative estimate of drug-likeness (QED) is 0.849. The first-order valence-electron chi connectivity index (χ1n) is 7.80. The van der Waals surface area contributed by atoms with Crippen molar-refractivity contribution in [3.05, 3.63) is 53.6 Å². The maximum atomic E-state index is 11.9. The molecule has 0 aliphatic rings. The highest BCUT2D eigenvalue weighted by Crippen LogP contribution is 2.27. The van der Waals surface area contributed by atoms with Crippen LogP contribution in [0.15, 0.2) is 42.5 Å². The summed E-state index contributed by atoms with van der Waals surface area (Å²) in [4.78, 5) is 14.0. The predicted octanol–water partition coefficient (Wildman–Crippen LogP) is 2.76. The molecule has 0 radical (unpaired) electrons. The van der Waals surface area contributed by atoms with E-state index in [0.717, 1.165) is 16.8 Å². The van der Waals surface area contributed by atoms with E-state index in [1.807, 2.05) is 62.3 Å². The molecule has 0 aliphatic heterocycles. The third kappa shape index (κ3) is 4.91. The number of methoxy groups -OCH3 is 1. The smallest absolute Gasteiger partial charge is 0.258 e. The third-order valence-corrected chi connectivity index (χ3v) is 3.62. The number of aryl methyl sites for hydroxylation is 1. The van der Waals surface area contributed by atoms with Gasteiger partial charge < -0.3 is 19.7 Å². The average molecular weight is 328 g/mol. The van der Waals surface area contributed by atoms with Gasteiger partial charge in [0, 0.05) is 26.3 Å². The fourth-order valence-electron chi connectivity index (χ4n) is 2.20. The van der Waals surface area contributed by atoms with E-state index in [1.165, 1.54) is 0 Å². The summed E-state index contributed by atoms with van der Waals surface area (Å²) in [6.45, 7) is 2.40. The van der Waals surface area contributed by atoms with E-state index in [9.17, 15) is 4.79 Å². The van der Waals surface area contributed by atoms with Crippen molar-refractivity contribution in [1.82, 2.24) is 5.32 Å². The number of nitrogens with one attached hydrogen (secondary N) is 1. The summed E-state index contributed by atoms with van der Waals surface area (Å²) < 4.78 is 10.8. The minimum Gasteiger partial charge on any atom is -0.493 e. The molecule has 0 fully saturated rings. The van der Waals surface area contributed by atoms with Gasteiger partial charge in [-0.15, -0.1) is 0 Å². The van der Waals surface area contributed by atoms with Crippen LogP contribution in [-0.4, -0.2) is 33.7 Å². The van der Waals surface area contributed by atoms with Crippen LogP contribution in [0.25, 0.3) is 0 Å². The Balaban J connectivity index is 1.83. The molecule has 0 spiro atoms. The Morgan fingerprint density at radius 3 is 2.42 bits per heavy atom. The molecule has 2 aromatic carbocycles. The monoisotopic (exact) mass is 328 g/mol.